The molecular formula is C17H13N3O2S2. The topological polar surface area (TPSA) is 62.3 Å². The van der Waals surface area contributed by atoms with Crippen LogP contribution < -0.4 is 5.32 Å². The SMILES string of the molecule is C=CCN1C(=O)C(=Cc2ccc(-c3ccccn3)s2)C(=O)NC1=S. The molecule has 1 N–H and O–H groups in total. The van der Waals surface area contributed by atoms with Gasteiger partial charge in [0.2, 0.25) is 0 Å². The Morgan fingerprint density at radius 3 is 2.83 bits per heavy atom. The van der Waals surface area contributed by atoms with E-state index in [-0.39, 0.29) is 17.2 Å². The molecule has 2 amide bonds. The van der Waals surface area contributed by atoms with Crippen molar-refractivity contribution in [3.8, 4) is 10.6 Å². The summed E-state index contributed by atoms with van der Waals surface area (Å²) in [4.78, 5) is 31.9. The second-order valence-electron chi connectivity index (χ2n) is 4.94. The molecule has 0 radical (unpaired) electrons. The number of carbonyl (C=O) groups excluding carboxylic acids is 2. The Morgan fingerprint density at radius 2 is 2.12 bits per heavy atom. The van der Waals surface area contributed by atoms with Gasteiger partial charge in [-0.3, -0.25) is 24.8 Å². The van der Waals surface area contributed by atoms with Crippen molar-refractivity contribution < 1.29 is 9.59 Å². The fourth-order valence-electron chi connectivity index (χ4n) is 2.21. The van der Waals surface area contributed by atoms with Gasteiger partial charge in [-0.05, 0) is 42.6 Å². The quantitative estimate of drug-likeness (QED) is 0.396. The van der Waals surface area contributed by atoms with E-state index in [1.165, 1.54) is 16.2 Å². The zero-order valence-corrected chi connectivity index (χ0v) is 14.2. The normalized spacial score (nSPS) is 16.4. The van der Waals surface area contributed by atoms with Crippen molar-refractivity contribution in [2.45, 2.75) is 0 Å². The van der Waals surface area contributed by atoms with Crippen molar-refractivity contribution in [2.75, 3.05) is 6.54 Å². The molecule has 1 aliphatic rings. The average Bonchev–Trinajstić information content (AvgIpc) is 3.05. The van der Waals surface area contributed by atoms with Crippen molar-refractivity contribution in [3.05, 3.63) is 59.6 Å². The third-order valence-corrected chi connectivity index (χ3v) is 4.71. The molecule has 1 aliphatic heterocycles. The summed E-state index contributed by atoms with van der Waals surface area (Å²) in [5, 5.41) is 2.63. The Kier molecular flexibility index (Phi) is 4.64. The van der Waals surface area contributed by atoms with Crippen LogP contribution in [0.25, 0.3) is 16.6 Å². The van der Waals surface area contributed by atoms with Crippen LogP contribution in [-0.2, 0) is 9.59 Å². The average molecular weight is 355 g/mol. The first kappa shape index (κ1) is 16.2. The summed E-state index contributed by atoms with van der Waals surface area (Å²) in [6, 6.07) is 9.43. The molecule has 3 rings (SSSR count). The van der Waals surface area contributed by atoms with E-state index in [9.17, 15) is 9.59 Å². The van der Waals surface area contributed by atoms with E-state index in [1.54, 1.807) is 18.3 Å². The minimum Gasteiger partial charge on any atom is -0.298 e. The molecule has 0 saturated carbocycles. The number of rotatable bonds is 4. The summed E-state index contributed by atoms with van der Waals surface area (Å²) in [5.41, 5.74) is 0.904. The van der Waals surface area contributed by atoms with Gasteiger partial charge >= 0.3 is 0 Å². The van der Waals surface area contributed by atoms with Gasteiger partial charge < -0.3 is 0 Å². The monoisotopic (exact) mass is 355 g/mol. The Morgan fingerprint density at radius 1 is 1.29 bits per heavy atom. The highest BCUT2D eigenvalue weighted by Gasteiger charge is 2.32. The molecule has 7 heteroatoms. The molecule has 120 valence electrons. The summed E-state index contributed by atoms with van der Waals surface area (Å²) < 4.78 is 0. The number of hydrogen-bond acceptors (Lipinski definition) is 5. The third-order valence-electron chi connectivity index (χ3n) is 3.33. The number of nitrogens with zero attached hydrogens (tertiary/aromatic N) is 2. The lowest BCUT2D eigenvalue weighted by atomic mass is 10.1. The Hall–Kier alpha value is -2.64. The number of thiocarbonyl (C=S) groups is 1. The second-order valence-corrected chi connectivity index (χ2v) is 6.44. The van der Waals surface area contributed by atoms with Crippen LogP contribution in [-0.4, -0.2) is 33.4 Å². The van der Waals surface area contributed by atoms with E-state index >= 15 is 0 Å². The van der Waals surface area contributed by atoms with E-state index in [4.69, 9.17) is 12.2 Å². The number of aromatic nitrogens is 1. The number of amides is 2. The maximum absolute atomic E-state index is 12.5. The van der Waals surface area contributed by atoms with Gasteiger partial charge in [0.25, 0.3) is 11.8 Å². The van der Waals surface area contributed by atoms with E-state index < -0.39 is 11.8 Å². The molecule has 0 aromatic carbocycles. The van der Waals surface area contributed by atoms with Gasteiger partial charge in [-0.15, -0.1) is 17.9 Å². The van der Waals surface area contributed by atoms with Crippen molar-refractivity contribution >= 4 is 46.6 Å². The van der Waals surface area contributed by atoms with Crippen molar-refractivity contribution in [3.63, 3.8) is 0 Å². The molecule has 2 aromatic rings. The Labute approximate surface area is 148 Å². The van der Waals surface area contributed by atoms with E-state index in [0.717, 1.165) is 15.4 Å². The van der Waals surface area contributed by atoms with E-state index in [1.807, 2.05) is 30.3 Å². The molecule has 0 aliphatic carbocycles. The second kappa shape index (κ2) is 6.86. The number of hydrogen-bond donors (Lipinski definition) is 1. The number of pyridine rings is 1. The van der Waals surface area contributed by atoms with Gasteiger partial charge in [0.05, 0.1) is 10.6 Å². The third kappa shape index (κ3) is 3.17. The summed E-state index contributed by atoms with van der Waals surface area (Å²) >= 11 is 6.48. The van der Waals surface area contributed by atoms with Crippen LogP contribution in [0.2, 0.25) is 0 Å². The molecular weight excluding hydrogens is 342 g/mol. The fourth-order valence-corrected chi connectivity index (χ4v) is 3.39. The molecule has 1 saturated heterocycles. The molecule has 5 nitrogen and oxygen atoms in total. The Bertz CT molecular complexity index is 856. The minimum atomic E-state index is -0.488. The van der Waals surface area contributed by atoms with Crippen LogP contribution in [0.15, 0.2) is 54.8 Å². The summed E-state index contributed by atoms with van der Waals surface area (Å²) in [5.74, 6) is -0.908. The zero-order valence-electron chi connectivity index (χ0n) is 12.6. The molecule has 0 bridgehead atoms. The first-order valence-corrected chi connectivity index (χ1v) is 8.33. The van der Waals surface area contributed by atoms with Gasteiger partial charge in [0.15, 0.2) is 5.11 Å². The minimum absolute atomic E-state index is 0.0554. The molecule has 2 aromatic heterocycles. The van der Waals surface area contributed by atoms with Crippen molar-refractivity contribution in [1.82, 2.24) is 15.2 Å². The van der Waals surface area contributed by atoms with Gasteiger partial charge in [0, 0.05) is 17.6 Å². The summed E-state index contributed by atoms with van der Waals surface area (Å²) in [6.07, 6.45) is 4.86. The summed E-state index contributed by atoms with van der Waals surface area (Å²) in [7, 11) is 0. The summed E-state index contributed by atoms with van der Waals surface area (Å²) in [6.45, 7) is 3.85. The Balaban J connectivity index is 1.91. The smallest absolute Gasteiger partial charge is 0.265 e. The molecule has 3 heterocycles. The van der Waals surface area contributed by atoms with Crippen LogP contribution in [0.4, 0.5) is 0 Å². The zero-order chi connectivity index (χ0) is 17.1. The maximum atomic E-state index is 12.5. The first-order valence-electron chi connectivity index (χ1n) is 7.11. The lowest BCUT2D eigenvalue weighted by molar-refractivity contribution is -0.128. The fraction of sp³-hybridized carbons (Fsp3) is 0.0588. The number of nitrogens with one attached hydrogen (secondary N) is 1. The standard InChI is InChI=1S/C17H13N3O2S2/c1-2-9-20-16(22)12(15(21)19-17(20)23)10-11-6-7-14(24-11)13-5-3-4-8-18-13/h2-8,10H,1,9H2,(H,19,21,23). The van der Waals surface area contributed by atoms with E-state index in [2.05, 4.69) is 16.9 Å². The highest BCUT2D eigenvalue weighted by atomic mass is 32.1. The lowest BCUT2D eigenvalue weighted by Gasteiger charge is -2.27. The molecule has 24 heavy (non-hydrogen) atoms. The highest BCUT2D eigenvalue weighted by Crippen LogP contribution is 2.28. The lowest BCUT2D eigenvalue weighted by Crippen LogP contribution is -2.53. The van der Waals surface area contributed by atoms with Crippen LogP contribution in [0.5, 0.6) is 0 Å². The van der Waals surface area contributed by atoms with Gasteiger partial charge in [-0.2, -0.15) is 0 Å². The van der Waals surface area contributed by atoms with Gasteiger partial charge in [0.1, 0.15) is 5.57 Å². The van der Waals surface area contributed by atoms with Crippen molar-refractivity contribution in [1.29, 1.82) is 0 Å². The van der Waals surface area contributed by atoms with Crippen molar-refractivity contribution in [2.24, 2.45) is 0 Å². The van der Waals surface area contributed by atoms with Crippen LogP contribution >= 0.6 is 23.6 Å². The largest absolute Gasteiger partial charge is 0.298 e. The molecule has 0 unspecified atom stereocenters. The predicted molar refractivity (Wildman–Crippen MR) is 98.2 cm³/mol. The van der Waals surface area contributed by atoms with Gasteiger partial charge in [-0.1, -0.05) is 12.1 Å². The number of thiophene rings is 1. The number of carbonyl (C=O) groups is 2. The van der Waals surface area contributed by atoms with E-state index in [0.29, 0.717) is 0 Å². The highest BCUT2D eigenvalue weighted by molar-refractivity contribution is 7.80. The van der Waals surface area contributed by atoms with Crippen LogP contribution in [0, 0.1) is 0 Å². The first-order chi connectivity index (χ1) is 11.6. The maximum Gasteiger partial charge on any atom is 0.265 e. The van der Waals surface area contributed by atoms with Gasteiger partial charge in [-0.25, -0.2) is 0 Å². The molecule has 1 fully saturated rings. The van der Waals surface area contributed by atoms with Crippen LogP contribution in [0.1, 0.15) is 4.88 Å². The molecule has 0 atom stereocenters. The molecule has 0 spiro atoms. The van der Waals surface area contributed by atoms with Crippen LogP contribution in [0.3, 0.4) is 0 Å². The predicted octanol–water partition coefficient (Wildman–Crippen LogP) is 2.62.